The monoisotopic (exact) mass is 422 g/mol. The van der Waals surface area contributed by atoms with E-state index in [0.717, 1.165) is 19.3 Å². The molecule has 30 heavy (non-hydrogen) atoms. The largest absolute Gasteiger partial charge is 0.481 e. The van der Waals surface area contributed by atoms with Gasteiger partial charge in [-0.15, -0.1) is 0 Å². The lowest BCUT2D eigenvalue weighted by atomic mass is 9.65. The van der Waals surface area contributed by atoms with Gasteiger partial charge in [0.2, 0.25) is 0 Å². The SMILES string of the molecule is CCC(C)C(=O)OC1C[C@@H](C)C=C2C=C[C@H](C)C(CCC(O)CC(O)CC(=O)O)C21. The lowest BCUT2D eigenvalue weighted by Crippen LogP contribution is -2.41. The number of rotatable bonds is 10. The lowest BCUT2D eigenvalue weighted by Gasteiger charge is -2.43. The molecule has 0 spiro atoms. The molecule has 0 bridgehead atoms. The van der Waals surface area contributed by atoms with Crippen molar-refractivity contribution in [3.8, 4) is 0 Å². The maximum atomic E-state index is 12.5. The summed E-state index contributed by atoms with van der Waals surface area (Å²) in [7, 11) is 0. The minimum atomic E-state index is -1.07. The summed E-state index contributed by atoms with van der Waals surface area (Å²) in [6, 6.07) is 0. The highest BCUT2D eigenvalue weighted by molar-refractivity contribution is 5.72. The highest BCUT2D eigenvalue weighted by atomic mass is 16.5. The van der Waals surface area contributed by atoms with E-state index >= 15 is 0 Å². The number of carbonyl (C=O) groups is 2. The molecule has 0 aromatic rings. The summed E-state index contributed by atoms with van der Waals surface area (Å²) in [6.07, 6.45) is 7.07. The number of carboxylic acid groups (broad SMARTS) is 1. The van der Waals surface area contributed by atoms with E-state index in [2.05, 4.69) is 32.1 Å². The van der Waals surface area contributed by atoms with Gasteiger partial charge in [0.1, 0.15) is 6.10 Å². The molecule has 0 aliphatic heterocycles. The number of carboxylic acids is 1. The second-order valence-electron chi connectivity index (χ2n) is 9.29. The van der Waals surface area contributed by atoms with E-state index in [1.165, 1.54) is 5.57 Å². The van der Waals surface area contributed by atoms with Crippen LogP contribution in [-0.2, 0) is 14.3 Å². The van der Waals surface area contributed by atoms with Crippen molar-refractivity contribution in [2.45, 2.75) is 84.5 Å². The molecule has 0 saturated heterocycles. The molecule has 2 aliphatic rings. The Kier molecular flexibility index (Phi) is 9.10. The predicted octanol–water partition coefficient (Wildman–Crippen LogP) is 3.72. The Morgan fingerprint density at radius 1 is 1.23 bits per heavy atom. The molecule has 0 saturated carbocycles. The molecular weight excluding hydrogens is 384 g/mol. The smallest absolute Gasteiger partial charge is 0.308 e. The van der Waals surface area contributed by atoms with Crippen molar-refractivity contribution in [3.05, 3.63) is 23.8 Å². The fourth-order valence-corrected chi connectivity index (χ4v) is 4.76. The number of esters is 1. The zero-order chi connectivity index (χ0) is 22.4. The second kappa shape index (κ2) is 11.1. The van der Waals surface area contributed by atoms with Gasteiger partial charge in [-0.2, -0.15) is 0 Å². The van der Waals surface area contributed by atoms with Crippen LogP contribution >= 0.6 is 0 Å². The summed E-state index contributed by atoms with van der Waals surface area (Å²) in [4.78, 5) is 23.2. The Hall–Kier alpha value is -1.66. The van der Waals surface area contributed by atoms with E-state index in [1.54, 1.807) is 0 Å². The number of aliphatic hydroxyl groups excluding tert-OH is 2. The molecule has 0 amide bonds. The van der Waals surface area contributed by atoms with Gasteiger partial charge in [-0.25, -0.2) is 0 Å². The fourth-order valence-electron chi connectivity index (χ4n) is 4.76. The Labute approximate surface area is 180 Å². The van der Waals surface area contributed by atoms with E-state index < -0.39 is 18.2 Å². The van der Waals surface area contributed by atoms with Crippen LogP contribution in [0.4, 0.5) is 0 Å². The Morgan fingerprint density at radius 2 is 1.93 bits per heavy atom. The molecule has 0 aromatic carbocycles. The van der Waals surface area contributed by atoms with E-state index in [4.69, 9.17) is 9.84 Å². The average molecular weight is 423 g/mol. The van der Waals surface area contributed by atoms with Gasteiger partial charge >= 0.3 is 11.9 Å². The first kappa shape index (κ1) is 24.6. The first-order chi connectivity index (χ1) is 14.1. The van der Waals surface area contributed by atoms with Crippen LogP contribution in [0.5, 0.6) is 0 Å². The maximum absolute atomic E-state index is 12.5. The Balaban J connectivity index is 2.09. The summed E-state index contributed by atoms with van der Waals surface area (Å²) in [6.45, 7) is 8.16. The molecule has 0 fully saturated rings. The molecule has 8 atom stereocenters. The highest BCUT2D eigenvalue weighted by Crippen LogP contribution is 2.45. The summed E-state index contributed by atoms with van der Waals surface area (Å²) < 4.78 is 6.00. The number of hydrogen-bond donors (Lipinski definition) is 3. The Bertz CT molecular complexity index is 654. The van der Waals surface area contributed by atoms with Gasteiger partial charge in [0, 0.05) is 5.92 Å². The highest BCUT2D eigenvalue weighted by Gasteiger charge is 2.41. The zero-order valence-corrected chi connectivity index (χ0v) is 18.7. The zero-order valence-electron chi connectivity index (χ0n) is 18.7. The van der Waals surface area contributed by atoms with Crippen molar-refractivity contribution in [1.29, 1.82) is 0 Å². The van der Waals surface area contributed by atoms with Gasteiger partial charge in [-0.05, 0) is 55.4 Å². The van der Waals surface area contributed by atoms with Crippen molar-refractivity contribution < 1.29 is 29.6 Å². The summed E-state index contributed by atoms with van der Waals surface area (Å²) in [5.74, 6) is -0.406. The Morgan fingerprint density at radius 3 is 2.57 bits per heavy atom. The number of aliphatic carboxylic acids is 1. The van der Waals surface area contributed by atoms with Crippen LogP contribution in [0.25, 0.3) is 0 Å². The van der Waals surface area contributed by atoms with Crippen molar-refractivity contribution in [1.82, 2.24) is 0 Å². The first-order valence-electron chi connectivity index (χ1n) is 11.3. The van der Waals surface area contributed by atoms with E-state index in [1.807, 2.05) is 13.8 Å². The van der Waals surface area contributed by atoms with Crippen LogP contribution in [0.1, 0.15) is 66.2 Å². The molecule has 2 rings (SSSR count). The van der Waals surface area contributed by atoms with Crippen LogP contribution in [0.2, 0.25) is 0 Å². The number of aliphatic hydroxyl groups is 2. The van der Waals surface area contributed by atoms with Crippen LogP contribution in [0.3, 0.4) is 0 Å². The van der Waals surface area contributed by atoms with Gasteiger partial charge in [0.05, 0.1) is 24.5 Å². The number of fused-ring (bicyclic) bond motifs is 1. The lowest BCUT2D eigenvalue weighted by molar-refractivity contribution is -0.158. The van der Waals surface area contributed by atoms with Crippen molar-refractivity contribution in [2.24, 2.45) is 29.6 Å². The molecular formula is C24H38O6. The van der Waals surface area contributed by atoms with E-state index in [0.29, 0.717) is 12.3 Å². The third-order valence-electron chi connectivity index (χ3n) is 6.67. The molecule has 0 radical (unpaired) electrons. The molecule has 6 unspecified atom stereocenters. The fraction of sp³-hybridized carbons (Fsp3) is 0.750. The molecule has 3 N–H and O–H groups in total. The number of hydrogen-bond acceptors (Lipinski definition) is 5. The van der Waals surface area contributed by atoms with Gasteiger partial charge in [0.25, 0.3) is 0 Å². The van der Waals surface area contributed by atoms with Crippen molar-refractivity contribution in [2.75, 3.05) is 0 Å². The minimum Gasteiger partial charge on any atom is -0.481 e. The number of carbonyl (C=O) groups excluding carboxylic acids is 1. The van der Waals surface area contributed by atoms with Crippen LogP contribution < -0.4 is 0 Å². The summed E-state index contributed by atoms with van der Waals surface area (Å²) in [5, 5.41) is 28.9. The predicted molar refractivity (Wildman–Crippen MR) is 115 cm³/mol. The average Bonchev–Trinajstić information content (AvgIpc) is 2.65. The molecule has 0 aromatic heterocycles. The van der Waals surface area contributed by atoms with Gasteiger partial charge in [-0.1, -0.05) is 45.9 Å². The minimum absolute atomic E-state index is 0.0556. The van der Waals surface area contributed by atoms with Crippen molar-refractivity contribution in [3.63, 3.8) is 0 Å². The van der Waals surface area contributed by atoms with Crippen molar-refractivity contribution >= 4 is 11.9 Å². The molecule has 170 valence electrons. The summed E-state index contributed by atoms with van der Waals surface area (Å²) in [5.41, 5.74) is 1.21. The third kappa shape index (κ3) is 6.67. The van der Waals surface area contributed by atoms with Gasteiger partial charge in [-0.3, -0.25) is 9.59 Å². The third-order valence-corrected chi connectivity index (χ3v) is 6.67. The molecule has 6 heteroatoms. The van der Waals surface area contributed by atoms with Crippen LogP contribution in [0.15, 0.2) is 23.8 Å². The standard InChI is InChI=1S/C24H38O6/c1-5-15(3)24(29)30-21-11-14(2)10-17-7-6-16(4)20(23(17)21)9-8-18(25)12-19(26)13-22(27)28/h6-7,10,14-16,18-21,23,25-26H,5,8-9,11-13H2,1-4H3,(H,27,28)/t14-,15?,16-,18?,19?,20?,21?,23?/m0/s1. The quantitative estimate of drug-likeness (QED) is 0.464. The van der Waals surface area contributed by atoms with Gasteiger partial charge < -0.3 is 20.1 Å². The topological polar surface area (TPSA) is 104 Å². The molecule has 6 nitrogen and oxygen atoms in total. The first-order valence-corrected chi connectivity index (χ1v) is 11.3. The molecule has 0 heterocycles. The normalized spacial score (nSPS) is 31.3. The maximum Gasteiger partial charge on any atom is 0.308 e. The van der Waals surface area contributed by atoms with E-state index in [-0.39, 0.29) is 48.6 Å². The number of allylic oxidation sites excluding steroid dienone is 3. The van der Waals surface area contributed by atoms with Crippen LogP contribution in [0, 0.1) is 29.6 Å². The van der Waals surface area contributed by atoms with Gasteiger partial charge in [0.15, 0.2) is 0 Å². The van der Waals surface area contributed by atoms with Crippen LogP contribution in [-0.4, -0.2) is 45.6 Å². The number of ether oxygens (including phenoxy) is 1. The summed E-state index contributed by atoms with van der Waals surface area (Å²) >= 11 is 0. The van der Waals surface area contributed by atoms with E-state index in [9.17, 15) is 19.8 Å². The second-order valence-corrected chi connectivity index (χ2v) is 9.29. The molecule has 2 aliphatic carbocycles.